The highest BCUT2D eigenvalue weighted by atomic mass is 35.5. The molecule has 0 spiro atoms. The summed E-state index contributed by atoms with van der Waals surface area (Å²) in [6.07, 6.45) is 0. The number of nitrogens with zero attached hydrogens (tertiary/aromatic N) is 3. The van der Waals surface area contributed by atoms with Gasteiger partial charge < -0.3 is 12.4 Å². The summed E-state index contributed by atoms with van der Waals surface area (Å²) in [5.74, 6) is 0.110. The standard InChI is InChI=1S/C7H3Cl2N4.ClH/c8-3-1-2-4-6(5(3)9)12-7(11-4)13-10;/h1-2H,(H,11,12);1H/q+1;/p-1. The molecule has 0 unspecified atom stereocenters. The Balaban J connectivity index is 0.000000980. The third-order valence-corrected chi connectivity index (χ3v) is 2.42. The van der Waals surface area contributed by atoms with Crippen molar-refractivity contribution in [2.45, 2.75) is 0 Å². The molecule has 0 aliphatic rings. The maximum Gasteiger partial charge on any atom is 0.526 e. The van der Waals surface area contributed by atoms with Crippen molar-refractivity contribution in [3.63, 3.8) is 0 Å². The Bertz CT molecular complexity index is 513. The van der Waals surface area contributed by atoms with Gasteiger partial charge >= 0.3 is 5.95 Å². The molecule has 1 aromatic heterocycles. The summed E-state index contributed by atoms with van der Waals surface area (Å²) in [5.41, 5.74) is 1.18. The zero-order chi connectivity index (χ0) is 9.42. The quantitative estimate of drug-likeness (QED) is 0.685. The minimum atomic E-state index is 0. The molecule has 0 amide bonds. The van der Waals surface area contributed by atoms with E-state index in [4.69, 9.17) is 28.6 Å². The summed E-state index contributed by atoms with van der Waals surface area (Å²) in [4.78, 5) is 9.56. The number of aromatic amines is 1. The number of halogens is 3. The van der Waals surface area contributed by atoms with Crippen molar-refractivity contribution in [1.29, 1.82) is 5.39 Å². The maximum atomic E-state index is 8.45. The molecule has 0 fully saturated rings. The van der Waals surface area contributed by atoms with Crippen molar-refractivity contribution >= 4 is 40.2 Å². The lowest BCUT2D eigenvalue weighted by Crippen LogP contribution is -3.00. The largest absolute Gasteiger partial charge is 1.00 e. The molecule has 72 valence electrons. The van der Waals surface area contributed by atoms with Crippen molar-refractivity contribution in [3.8, 4) is 0 Å². The van der Waals surface area contributed by atoms with Crippen molar-refractivity contribution < 1.29 is 12.4 Å². The molecule has 0 aliphatic carbocycles. The molecule has 1 aromatic carbocycles. The number of H-pyrrole nitrogens is 1. The number of hydrogen-bond donors (Lipinski definition) is 1. The van der Waals surface area contributed by atoms with Gasteiger partial charge in [0.1, 0.15) is 10.5 Å². The second-order valence-corrected chi connectivity index (χ2v) is 3.20. The zero-order valence-corrected chi connectivity index (χ0v) is 8.90. The Morgan fingerprint density at radius 1 is 1.36 bits per heavy atom. The smallest absolute Gasteiger partial charge is 0.526 e. The summed E-state index contributed by atoms with van der Waals surface area (Å²) < 4.78 is 0. The van der Waals surface area contributed by atoms with E-state index in [0.717, 1.165) is 0 Å². The van der Waals surface area contributed by atoms with Crippen LogP contribution in [-0.2, 0) is 0 Å². The number of aromatic nitrogens is 2. The van der Waals surface area contributed by atoms with Gasteiger partial charge in [-0.25, -0.2) is 4.98 Å². The molecule has 1 heterocycles. The summed E-state index contributed by atoms with van der Waals surface area (Å²) >= 11 is 11.6. The topological polar surface area (TPSA) is 56.8 Å². The van der Waals surface area contributed by atoms with Crippen LogP contribution < -0.4 is 12.4 Å². The first kappa shape index (κ1) is 11.1. The molecule has 4 nitrogen and oxygen atoms in total. The fourth-order valence-corrected chi connectivity index (χ4v) is 1.41. The van der Waals surface area contributed by atoms with Crippen LogP contribution in [-0.4, -0.2) is 9.97 Å². The van der Waals surface area contributed by atoms with Gasteiger partial charge in [0.25, 0.3) is 0 Å². The zero-order valence-electron chi connectivity index (χ0n) is 6.63. The summed E-state index contributed by atoms with van der Waals surface area (Å²) in [7, 11) is 0. The van der Waals surface area contributed by atoms with Crippen molar-refractivity contribution in [1.82, 2.24) is 9.97 Å². The summed E-state index contributed by atoms with van der Waals surface area (Å²) in [6, 6.07) is 3.36. The molecular formula is C7H3Cl3N4. The van der Waals surface area contributed by atoms with Gasteiger partial charge in [-0.3, -0.25) is 0 Å². The predicted octanol–water partition coefficient (Wildman–Crippen LogP) is 0.358. The normalized spacial score (nSPS) is 9.50. The first-order valence-electron chi connectivity index (χ1n) is 3.41. The van der Waals surface area contributed by atoms with Gasteiger partial charge in [-0.15, -0.1) is 0 Å². The van der Waals surface area contributed by atoms with Crippen LogP contribution in [0.3, 0.4) is 0 Å². The minimum absolute atomic E-state index is 0. The molecule has 0 saturated heterocycles. The first-order chi connectivity index (χ1) is 6.22. The van der Waals surface area contributed by atoms with Crippen LogP contribution in [0.15, 0.2) is 12.1 Å². The lowest BCUT2D eigenvalue weighted by molar-refractivity contribution is -0.00000280. The van der Waals surface area contributed by atoms with Crippen LogP contribution in [0.25, 0.3) is 16.0 Å². The molecular weight excluding hydrogens is 246 g/mol. The lowest BCUT2D eigenvalue weighted by atomic mass is 10.3. The molecule has 14 heavy (non-hydrogen) atoms. The molecule has 0 aliphatic heterocycles. The Labute approximate surface area is 95.3 Å². The average molecular weight is 249 g/mol. The fourth-order valence-electron chi connectivity index (χ4n) is 1.05. The molecule has 0 bridgehead atoms. The van der Waals surface area contributed by atoms with Crippen LogP contribution in [0, 0.1) is 5.39 Å². The number of nitrogens with one attached hydrogen (secondary N) is 1. The fraction of sp³-hybridized carbons (Fsp3) is 0. The molecule has 0 atom stereocenters. The number of imidazole rings is 1. The van der Waals surface area contributed by atoms with Crippen molar-refractivity contribution in [2.75, 3.05) is 0 Å². The van der Waals surface area contributed by atoms with E-state index < -0.39 is 0 Å². The number of rotatable bonds is 0. The number of diazo groups is 1. The van der Waals surface area contributed by atoms with Crippen LogP contribution >= 0.6 is 23.2 Å². The molecule has 0 saturated carbocycles. The highest BCUT2D eigenvalue weighted by Gasteiger charge is 2.17. The molecule has 0 radical (unpaired) electrons. The lowest BCUT2D eigenvalue weighted by Gasteiger charge is -1.90. The van der Waals surface area contributed by atoms with E-state index in [2.05, 4.69) is 14.9 Å². The minimum Gasteiger partial charge on any atom is -1.00 e. The van der Waals surface area contributed by atoms with Crippen molar-refractivity contribution in [3.05, 3.63) is 27.2 Å². The summed E-state index contributed by atoms with van der Waals surface area (Å²) in [6.45, 7) is 0. The van der Waals surface area contributed by atoms with E-state index in [0.29, 0.717) is 21.1 Å². The third kappa shape index (κ3) is 1.62. The molecule has 1 N–H and O–H groups in total. The van der Waals surface area contributed by atoms with Gasteiger partial charge in [0, 0.05) is 0 Å². The molecule has 2 aromatic rings. The first-order valence-corrected chi connectivity index (χ1v) is 4.17. The van der Waals surface area contributed by atoms with E-state index in [1.54, 1.807) is 12.1 Å². The monoisotopic (exact) mass is 248 g/mol. The Kier molecular flexibility index (Phi) is 3.17. The van der Waals surface area contributed by atoms with Gasteiger partial charge in [-0.2, -0.15) is 0 Å². The number of fused-ring (bicyclic) bond motifs is 1. The molecule has 7 heteroatoms. The van der Waals surface area contributed by atoms with Crippen LogP contribution in [0.4, 0.5) is 5.95 Å². The van der Waals surface area contributed by atoms with E-state index in [1.165, 1.54) is 0 Å². The average Bonchev–Trinajstić information content (AvgIpc) is 2.55. The van der Waals surface area contributed by atoms with E-state index in [9.17, 15) is 0 Å². The third-order valence-electron chi connectivity index (χ3n) is 1.63. The van der Waals surface area contributed by atoms with E-state index in [1.807, 2.05) is 0 Å². The van der Waals surface area contributed by atoms with E-state index >= 15 is 0 Å². The van der Waals surface area contributed by atoms with Gasteiger partial charge in [0.05, 0.1) is 10.4 Å². The second kappa shape index (κ2) is 4.01. The number of benzene rings is 1. The highest BCUT2D eigenvalue weighted by Crippen LogP contribution is 2.30. The highest BCUT2D eigenvalue weighted by molar-refractivity contribution is 6.44. The summed E-state index contributed by atoms with van der Waals surface area (Å²) in [5, 5.41) is 9.23. The Hall–Kier alpha value is -1.02. The van der Waals surface area contributed by atoms with Gasteiger partial charge in [-0.1, -0.05) is 23.2 Å². The van der Waals surface area contributed by atoms with Gasteiger partial charge in [0.15, 0.2) is 0 Å². The Morgan fingerprint density at radius 2 is 2.07 bits per heavy atom. The van der Waals surface area contributed by atoms with Crippen LogP contribution in [0.1, 0.15) is 0 Å². The second-order valence-electron chi connectivity index (χ2n) is 2.42. The van der Waals surface area contributed by atoms with Gasteiger partial charge in [0.2, 0.25) is 5.52 Å². The maximum absolute atomic E-state index is 8.45. The van der Waals surface area contributed by atoms with Crippen LogP contribution in [0.2, 0.25) is 10.0 Å². The SMILES string of the molecule is N#[N+]c1nc2c(Cl)c(Cl)ccc2[nH]1.[Cl-]. The predicted molar refractivity (Wildman–Crippen MR) is 50.9 cm³/mol. The molecule has 2 rings (SSSR count). The van der Waals surface area contributed by atoms with E-state index in [-0.39, 0.29) is 18.4 Å². The van der Waals surface area contributed by atoms with Crippen molar-refractivity contribution in [2.24, 2.45) is 0 Å². The van der Waals surface area contributed by atoms with Crippen LogP contribution in [0.5, 0.6) is 0 Å². The Morgan fingerprint density at radius 3 is 2.71 bits per heavy atom. The number of hydrogen-bond acceptors (Lipinski definition) is 2. The van der Waals surface area contributed by atoms with Gasteiger partial charge in [-0.05, 0) is 22.1 Å².